The van der Waals surface area contributed by atoms with Crippen LogP contribution in [0.15, 0.2) is 58.1 Å². The maximum absolute atomic E-state index is 12.0. The fraction of sp³-hybridized carbons (Fsp3) is 0.217. The minimum Gasteiger partial charge on any atom is -0.483 e. The number of carbonyl (C=O) groups excluding carboxylic acids is 1. The van der Waals surface area contributed by atoms with E-state index in [1.54, 1.807) is 6.21 Å². The molecule has 0 saturated heterocycles. The maximum atomic E-state index is 12.0. The smallest absolute Gasteiger partial charge is 0.277 e. The van der Waals surface area contributed by atoms with Gasteiger partial charge in [-0.1, -0.05) is 35.9 Å². The largest absolute Gasteiger partial charge is 0.483 e. The molecule has 0 unspecified atom stereocenters. The van der Waals surface area contributed by atoms with Crippen LogP contribution in [0.3, 0.4) is 0 Å². The number of para-hydroxylation sites is 1. The molecule has 3 aromatic rings. The number of aryl methyl sites for hydroxylation is 2. The molecule has 0 spiro atoms. The number of ether oxygens (including phenoxy) is 1. The van der Waals surface area contributed by atoms with Crippen molar-refractivity contribution < 1.29 is 9.53 Å². The van der Waals surface area contributed by atoms with E-state index in [1.807, 2.05) is 45.0 Å². The first kappa shape index (κ1) is 20.9. The summed E-state index contributed by atoms with van der Waals surface area (Å²) in [5, 5.41) is 4.11. The van der Waals surface area contributed by atoms with E-state index in [0.29, 0.717) is 5.75 Å². The molecule has 1 heterocycles. The van der Waals surface area contributed by atoms with Gasteiger partial charge in [-0.05, 0) is 67.4 Å². The molecule has 150 valence electrons. The molecular weight excluding hydrogens is 430 g/mol. The van der Waals surface area contributed by atoms with E-state index in [4.69, 9.17) is 4.74 Å². The second-order valence-electron chi connectivity index (χ2n) is 6.92. The molecule has 0 atom stereocenters. The van der Waals surface area contributed by atoms with Crippen molar-refractivity contribution in [2.45, 2.75) is 27.7 Å². The van der Waals surface area contributed by atoms with Crippen LogP contribution in [0, 0.1) is 27.7 Å². The molecule has 0 radical (unpaired) electrons. The summed E-state index contributed by atoms with van der Waals surface area (Å²) < 4.78 is 8.65. The Morgan fingerprint density at radius 3 is 2.45 bits per heavy atom. The van der Waals surface area contributed by atoms with E-state index in [2.05, 4.69) is 62.2 Å². The van der Waals surface area contributed by atoms with Crippen LogP contribution in [0.4, 0.5) is 0 Å². The lowest BCUT2D eigenvalue weighted by molar-refractivity contribution is -0.123. The highest BCUT2D eigenvalue weighted by atomic mass is 79.9. The number of benzene rings is 2. The van der Waals surface area contributed by atoms with E-state index >= 15 is 0 Å². The average molecular weight is 454 g/mol. The van der Waals surface area contributed by atoms with Crippen molar-refractivity contribution in [2.75, 3.05) is 6.61 Å². The average Bonchev–Trinajstić information content (AvgIpc) is 2.91. The molecule has 1 aromatic heterocycles. The van der Waals surface area contributed by atoms with Gasteiger partial charge in [0.2, 0.25) is 0 Å². The van der Waals surface area contributed by atoms with E-state index in [9.17, 15) is 4.79 Å². The number of carbonyl (C=O) groups is 1. The molecule has 0 fully saturated rings. The maximum Gasteiger partial charge on any atom is 0.277 e. The van der Waals surface area contributed by atoms with E-state index in [-0.39, 0.29) is 12.5 Å². The first-order valence-electron chi connectivity index (χ1n) is 9.33. The predicted octanol–water partition coefficient (Wildman–Crippen LogP) is 5.00. The van der Waals surface area contributed by atoms with E-state index in [0.717, 1.165) is 32.7 Å². The number of hydrazone groups is 1. The van der Waals surface area contributed by atoms with Crippen LogP contribution in [0.1, 0.15) is 28.1 Å². The van der Waals surface area contributed by atoms with Crippen LogP contribution in [0.2, 0.25) is 0 Å². The molecule has 0 aliphatic rings. The molecular formula is C23H24BrN3O2. The Kier molecular flexibility index (Phi) is 6.54. The first-order valence-corrected chi connectivity index (χ1v) is 10.1. The van der Waals surface area contributed by atoms with Gasteiger partial charge in [0.25, 0.3) is 5.91 Å². The topological polar surface area (TPSA) is 55.6 Å². The Morgan fingerprint density at radius 1 is 1.07 bits per heavy atom. The Hall–Kier alpha value is -2.86. The van der Waals surface area contributed by atoms with Gasteiger partial charge in [-0.3, -0.25) is 4.79 Å². The van der Waals surface area contributed by atoms with Crippen molar-refractivity contribution >= 4 is 28.1 Å². The van der Waals surface area contributed by atoms with Crippen molar-refractivity contribution in [3.05, 3.63) is 81.1 Å². The Labute approximate surface area is 179 Å². The Bertz CT molecular complexity index is 1050. The molecule has 5 nitrogen and oxygen atoms in total. The van der Waals surface area contributed by atoms with Gasteiger partial charge < -0.3 is 9.30 Å². The van der Waals surface area contributed by atoms with Gasteiger partial charge in [0.1, 0.15) is 5.75 Å². The monoisotopic (exact) mass is 453 g/mol. The van der Waals surface area contributed by atoms with Crippen molar-refractivity contribution in [3.63, 3.8) is 0 Å². The summed E-state index contributed by atoms with van der Waals surface area (Å²) in [7, 11) is 0. The lowest BCUT2D eigenvalue weighted by atomic mass is 10.2. The lowest BCUT2D eigenvalue weighted by Crippen LogP contribution is -2.24. The number of aromatic nitrogens is 1. The second kappa shape index (κ2) is 9.09. The third kappa shape index (κ3) is 4.77. The summed E-state index contributed by atoms with van der Waals surface area (Å²) in [6.07, 6.45) is 1.66. The third-order valence-electron chi connectivity index (χ3n) is 4.74. The van der Waals surface area contributed by atoms with Gasteiger partial charge >= 0.3 is 0 Å². The van der Waals surface area contributed by atoms with Gasteiger partial charge in [0.05, 0.1) is 6.21 Å². The van der Waals surface area contributed by atoms with E-state index in [1.165, 1.54) is 5.56 Å². The summed E-state index contributed by atoms with van der Waals surface area (Å²) in [5.41, 5.74) is 8.84. The normalized spacial score (nSPS) is 11.1. The zero-order valence-electron chi connectivity index (χ0n) is 17.0. The fourth-order valence-corrected chi connectivity index (χ4v) is 3.68. The highest BCUT2D eigenvalue weighted by molar-refractivity contribution is 9.10. The number of hydrogen-bond donors (Lipinski definition) is 1. The van der Waals surface area contributed by atoms with Crippen molar-refractivity contribution in [1.82, 2.24) is 9.99 Å². The highest BCUT2D eigenvalue weighted by Crippen LogP contribution is 2.29. The highest BCUT2D eigenvalue weighted by Gasteiger charge is 2.15. The third-order valence-corrected chi connectivity index (χ3v) is 5.74. The molecule has 0 saturated carbocycles. The summed E-state index contributed by atoms with van der Waals surface area (Å²) in [6, 6.07) is 15.9. The quantitative estimate of drug-likeness (QED) is 0.421. The van der Waals surface area contributed by atoms with Crippen LogP contribution in [-0.4, -0.2) is 23.3 Å². The number of nitrogens with zero attached hydrogens (tertiary/aromatic N) is 2. The van der Waals surface area contributed by atoms with Gasteiger partial charge in [0.15, 0.2) is 6.61 Å². The van der Waals surface area contributed by atoms with Crippen LogP contribution in [0.25, 0.3) is 5.69 Å². The SMILES string of the molecule is Cc1ccc(-n2c(C)c(Br)c(/C=N\NC(=O)COc3ccccc3C)c2C)cc1. The lowest BCUT2D eigenvalue weighted by Gasteiger charge is -2.09. The van der Waals surface area contributed by atoms with Crippen LogP contribution < -0.4 is 10.2 Å². The Morgan fingerprint density at radius 2 is 1.76 bits per heavy atom. The van der Waals surface area contributed by atoms with Crippen LogP contribution in [0.5, 0.6) is 5.75 Å². The zero-order valence-corrected chi connectivity index (χ0v) is 18.6. The second-order valence-corrected chi connectivity index (χ2v) is 7.71. The number of halogens is 1. The molecule has 2 aromatic carbocycles. The summed E-state index contributed by atoms with van der Waals surface area (Å²) in [6.45, 7) is 7.99. The molecule has 0 aliphatic heterocycles. The van der Waals surface area contributed by atoms with Crippen molar-refractivity contribution in [2.24, 2.45) is 5.10 Å². The minimum atomic E-state index is -0.312. The van der Waals surface area contributed by atoms with Gasteiger partial charge in [-0.25, -0.2) is 5.43 Å². The minimum absolute atomic E-state index is 0.0915. The van der Waals surface area contributed by atoms with Gasteiger partial charge in [-0.2, -0.15) is 5.10 Å². The molecule has 1 amide bonds. The standard InChI is InChI=1S/C23H24BrN3O2/c1-15-9-11-19(12-10-15)27-17(3)20(23(24)18(27)4)13-25-26-22(28)14-29-21-8-6-5-7-16(21)2/h5-13H,14H2,1-4H3,(H,26,28)/b25-13-. The molecule has 0 aliphatic carbocycles. The molecule has 3 rings (SSSR count). The molecule has 6 heteroatoms. The van der Waals surface area contributed by atoms with Gasteiger partial charge in [0, 0.05) is 27.1 Å². The van der Waals surface area contributed by atoms with Crippen molar-refractivity contribution in [1.29, 1.82) is 0 Å². The predicted molar refractivity (Wildman–Crippen MR) is 120 cm³/mol. The van der Waals surface area contributed by atoms with Crippen LogP contribution in [-0.2, 0) is 4.79 Å². The summed E-state index contributed by atoms with van der Waals surface area (Å²) in [4.78, 5) is 12.0. The number of rotatable bonds is 6. The number of nitrogens with one attached hydrogen (secondary N) is 1. The molecule has 29 heavy (non-hydrogen) atoms. The summed E-state index contributed by atoms with van der Waals surface area (Å²) >= 11 is 3.65. The van der Waals surface area contributed by atoms with Crippen LogP contribution >= 0.6 is 15.9 Å². The fourth-order valence-electron chi connectivity index (χ4n) is 3.12. The molecule has 0 bridgehead atoms. The van der Waals surface area contributed by atoms with Gasteiger partial charge in [-0.15, -0.1) is 0 Å². The van der Waals surface area contributed by atoms with Crippen molar-refractivity contribution in [3.8, 4) is 11.4 Å². The molecule has 1 N–H and O–H groups in total. The number of amides is 1. The summed E-state index contributed by atoms with van der Waals surface area (Å²) in [5.74, 6) is 0.379. The Balaban J connectivity index is 1.69. The zero-order chi connectivity index (χ0) is 21.0. The first-order chi connectivity index (χ1) is 13.9. The van der Waals surface area contributed by atoms with E-state index < -0.39 is 0 Å². The number of hydrogen-bond acceptors (Lipinski definition) is 3.